The van der Waals surface area contributed by atoms with E-state index < -0.39 is 0 Å². The number of anilines is 1. The second kappa shape index (κ2) is 13.6. The summed E-state index contributed by atoms with van der Waals surface area (Å²) in [4.78, 5) is 26.7. The third-order valence-electron chi connectivity index (χ3n) is 5.35. The number of carbonyl (C=O) groups excluding carboxylic acids is 2. The molecule has 1 N–H and O–H groups in total. The zero-order valence-electron chi connectivity index (χ0n) is 19.2. The molecule has 0 spiro atoms. The number of ether oxygens (including phenoxy) is 1. The first-order chi connectivity index (χ1) is 16.7. The van der Waals surface area contributed by atoms with Gasteiger partial charge in [-0.1, -0.05) is 72.8 Å². The van der Waals surface area contributed by atoms with Gasteiger partial charge in [0, 0.05) is 31.6 Å². The van der Waals surface area contributed by atoms with Crippen LogP contribution in [0.1, 0.15) is 36.0 Å². The average Bonchev–Trinajstić information content (AvgIpc) is 2.88. The normalized spacial score (nSPS) is 10.3. The van der Waals surface area contributed by atoms with E-state index in [0.29, 0.717) is 26.3 Å². The third kappa shape index (κ3) is 7.88. The molecule has 2 amide bonds. The van der Waals surface area contributed by atoms with E-state index in [9.17, 15) is 9.59 Å². The van der Waals surface area contributed by atoms with Crippen molar-refractivity contribution in [2.75, 3.05) is 11.4 Å². The molecule has 0 bridgehead atoms. The average molecular weight is 456 g/mol. The summed E-state index contributed by atoms with van der Waals surface area (Å²) < 4.78 is 5.85. The number of carbonyl (C=O) groups is 2. The number of nitriles is 1. The van der Waals surface area contributed by atoms with Crippen molar-refractivity contribution in [3.8, 4) is 6.07 Å². The van der Waals surface area contributed by atoms with Gasteiger partial charge in [-0.15, -0.1) is 0 Å². The lowest BCUT2D eigenvalue weighted by atomic mass is 10.1. The van der Waals surface area contributed by atoms with Crippen LogP contribution < -0.4 is 10.2 Å². The highest BCUT2D eigenvalue weighted by Gasteiger charge is 2.16. The number of nitrogens with one attached hydrogen (secondary N) is 1. The van der Waals surface area contributed by atoms with E-state index in [2.05, 4.69) is 11.4 Å². The molecule has 6 heteroatoms. The molecule has 0 aromatic heterocycles. The molecule has 0 fully saturated rings. The lowest BCUT2D eigenvalue weighted by Crippen LogP contribution is -2.33. The summed E-state index contributed by atoms with van der Waals surface area (Å²) in [5.41, 5.74) is 3.83. The van der Waals surface area contributed by atoms with Gasteiger partial charge in [0.05, 0.1) is 25.7 Å². The van der Waals surface area contributed by atoms with Crippen molar-refractivity contribution < 1.29 is 14.3 Å². The second-order valence-corrected chi connectivity index (χ2v) is 7.81. The molecule has 0 unspecified atom stereocenters. The minimum atomic E-state index is -0.193. The smallest absolute Gasteiger partial charge is 0.227 e. The molecular weight excluding hydrogens is 426 g/mol. The molecule has 174 valence electrons. The fourth-order valence-corrected chi connectivity index (χ4v) is 3.53. The first-order valence-corrected chi connectivity index (χ1v) is 11.3. The predicted molar refractivity (Wildman–Crippen MR) is 131 cm³/mol. The van der Waals surface area contributed by atoms with Crippen molar-refractivity contribution in [3.05, 3.63) is 102 Å². The molecule has 0 radical (unpaired) electrons. The third-order valence-corrected chi connectivity index (χ3v) is 5.35. The molecular formula is C28H29N3O3. The summed E-state index contributed by atoms with van der Waals surface area (Å²) in [5.74, 6) is -0.368. The van der Waals surface area contributed by atoms with Crippen LogP contribution in [0.2, 0.25) is 0 Å². The van der Waals surface area contributed by atoms with Crippen molar-refractivity contribution >= 4 is 17.5 Å². The molecule has 0 saturated heterocycles. The Morgan fingerprint density at radius 1 is 0.824 bits per heavy atom. The molecule has 0 aliphatic carbocycles. The van der Waals surface area contributed by atoms with E-state index >= 15 is 0 Å². The lowest BCUT2D eigenvalue weighted by molar-refractivity contribution is -0.125. The van der Waals surface area contributed by atoms with Gasteiger partial charge in [0.2, 0.25) is 11.8 Å². The number of rotatable bonds is 12. The molecule has 3 aromatic rings. The van der Waals surface area contributed by atoms with Crippen molar-refractivity contribution in [1.29, 1.82) is 5.26 Å². The Morgan fingerprint density at radius 2 is 1.47 bits per heavy atom. The molecule has 0 atom stereocenters. The van der Waals surface area contributed by atoms with Crippen LogP contribution >= 0.6 is 0 Å². The van der Waals surface area contributed by atoms with Gasteiger partial charge in [-0.2, -0.15) is 5.26 Å². The second-order valence-electron chi connectivity index (χ2n) is 7.81. The van der Waals surface area contributed by atoms with E-state index in [0.717, 1.165) is 22.4 Å². The number of hydrogen-bond acceptors (Lipinski definition) is 4. The van der Waals surface area contributed by atoms with Gasteiger partial charge in [-0.25, -0.2) is 0 Å². The Balaban J connectivity index is 1.48. The maximum Gasteiger partial charge on any atom is 0.227 e. The highest BCUT2D eigenvalue weighted by Crippen LogP contribution is 2.16. The molecule has 0 aliphatic rings. The maximum absolute atomic E-state index is 12.7. The van der Waals surface area contributed by atoms with Crippen molar-refractivity contribution in [2.24, 2.45) is 0 Å². The van der Waals surface area contributed by atoms with Crippen molar-refractivity contribution in [2.45, 2.75) is 39.0 Å². The first-order valence-electron chi connectivity index (χ1n) is 11.3. The number of hydrogen-bond donors (Lipinski definition) is 1. The SMILES string of the molecule is N#CCCN(C(=O)CCC(=O)NCc1ccccc1COCc1ccccc1)c1ccccc1. The molecule has 34 heavy (non-hydrogen) atoms. The topological polar surface area (TPSA) is 82.4 Å². The van der Waals surface area contributed by atoms with E-state index in [1.807, 2.05) is 84.9 Å². The first kappa shape index (κ1) is 24.7. The fraction of sp³-hybridized carbons (Fsp3) is 0.250. The highest BCUT2D eigenvalue weighted by molar-refractivity contribution is 5.95. The number of para-hydroxylation sites is 1. The monoisotopic (exact) mass is 455 g/mol. The zero-order chi connectivity index (χ0) is 24.0. The van der Waals surface area contributed by atoms with Gasteiger partial charge in [0.25, 0.3) is 0 Å². The molecule has 3 rings (SSSR count). The van der Waals surface area contributed by atoms with Gasteiger partial charge in [0.15, 0.2) is 0 Å². The summed E-state index contributed by atoms with van der Waals surface area (Å²) in [6.45, 7) is 1.64. The Bertz CT molecular complexity index is 1090. The highest BCUT2D eigenvalue weighted by atomic mass is 16.5. The number of benzene rings is 3. The quantitative estimate of drug-likeness (QED) is 0.427. The summed E-state index contributed by atoms with van der Waals surface area (Å²) in [6.07, 6.45) is 0.394. The van der Waals surface area contributed by atoms with E-state index in [1.165, 1.54) is 0 Å². The largest absolute Gasteiger partial charge is 0.372 e. The van der Waals surface area contributed by atoms with Crippen molar-refractivity contribution in [3.63, 3.8) is 0 Å². The zero-order valence-corrected chi connectivity index (χ0v) is 19.2. The van der Waals surface area contributed by atoms with Gasteiger partial charge in [-0.3, -0.25) is 9.59 Å². The maximum atomic E-state index is 12.7. The summed E-state index contributed by atoms with van der Waals surface area (Å²) in [6, 6.07) is 29.1. The Kier molecular flexibility index (Phi) is 9.85. The van der Waals surface area contributed by atoms with E-state index in [1.54, 1.807) is 4.90 Å². The van der Waals surface area contributed by atoms with Crippen LogP contribution in [0.3, 0.4) is 0 Å². The molecule has 0 saturated carbocycles. The Morgan fingerprint density at radius 3 is 2.18 bits per heavy atom. The van der Waals surface area contributed by atoms with Crippen LogP contribution in [0.5, 0.6) is 0 Å². The molecule has 0 aliphatic heterocycles. The standard InChI is InChI=1S/C28H29N3O3/c29-18-9-19-31(26-14-5-2-6-15-26)28(33)17-16-27(32)30-20-24-12-7-8-13-25(24)22-34-21-23-10-3-1-4-11-23/h1-8,10-15H,9,16-17,19-22H2,(H,30,32). The summed E-state index contributed by atoms with van der Waals surface area (Å²) in [5, 5.41) is 11.8. The van der Waals surface area contributed by atoms with Crippen LogP contribution in [0.25, 0.3) is 0 Å². The fourth-order valence-electron chi connectivity index (χ4n) is 3.53. The predicted octanol–water partition coefficient (Wildman–Crippen LogP) is 4.75. The Labute approximate surface area is 200 Å². The number of amides is 2. The van der Waals surface area contributed by atoms with Crippen LogP contribution in [-0.4, -0.2) is 18.4 Å². The van der Waals surface area contributed by atoms with E-state index in [-0.39, 0.29) is 31.1 Å². The van der Waals surface area contributed by atoms with Gasteiger partial charge in [-0.05, 0) is 28.8 Å². The minimum absolute atomic E-state index is 0.0774. The van der Waals surface area contributed by atoms with E-state index in [4.69, 9.17) is 10.00 Å². The molecule has 6 nitrogen and oxygen atoms in total. The molecule has 0 heterocycles. The van der Waals surface area contributed by atoms with Crippen LogP contribution in [-0.2, 0) is 34.1 Å². The minimum Gasteiger partial charge on any atom is -0.372 e. The van der Waals surface area contributed by atoms with Gasteiger partial charge in [0.1, 0.15) is 0 Å². The summed E-state index contributed by atoms with van der Waals surface area (Å²) >= 11 is 0. The Hall–Kier alpha value is -3.95. The van der Waals surface area contributed by atoms with Crippen LogP contribution in [0.4, 0.5) is 5.69 Å². The lowest BCUT2D eigenvalue weighted by Gasteiger charge is -2.21. The van der Waals surface area contributed by atoms with Crippen molar-refractivity contribution in [1.82, 2.24) is 5.32 Å². The number of nitrogens with zero attached hydrogens (tertiary/aromatic N) is 2. The van der Waals surface area contributed by atoms with Gasteiger partial charge < -0.3 is 15.0 Å². The molecule has 3 aromatic carbocycles. The summed E-state index contributed by atoms with van der Waals surface area (Å²) in [7, 11) is 0. The van der Waals surface area contributed by atoms with Crippen LogP contribution in [0, 0.1) is 11.3 Å². The van der Waals surface area contributed by atoms with Gasteiger partial charge >= 0.3 is 0 Å². The van der Waals surface area contributed by atoms with Crippen LogP contribution in [0.15, 0.2) is 84.9 Å².